The molecule has 2 rings (SSSR count). The van der Waals surface area contributed by atoms with Crippen LogP contribution in [-0.4, -0.2) is 23.1 Å². The van der Waals surface area contributed by atoms with Gasteiger partial charge >= 0.3 is 5.97 Å². The quantitative estimate of drug-likeness (QED) is 0.754. The number of aromatic hydroxyl groups is 1. The van der Waals surface area contributed by atoms with E-state index in [0.29, 0.717) is 5.02 Å². The van der Waals surface area contributed by atoms with Crippen LogP contribution in [0.4, 0.5) is 5.69 Å². The maximum absolute atomic E-state index is 12.2. The molecular weight excluding hydrogens is 377 g/mol. The number of benzene rings is 2. The van der Waals surface area contributed by atoms with Crippen molar-refractivity contribution in [1.29, 1.82) is 0 Å². The third kappa shape index (κ3) is 4.32. The van der Waals surface area contributed by atoms with E-state index in [0.717, 1.165) is 0 Å². The Morgan fingerprint density at radius 3 is 2.29 bits per heavy atom. The van der Waals surface area contributed by atoms with Crippen LogP contribution in [0, 0.1) is 0 Å². The van der Waals surface area contributed by atoms with Gasteiger partial charge in [-0.1, -0.05) is 46.9 Å². The van der Waals surface area contributed by atoms with Crippen LogP contribution in [0.5, 0.6) is 5.75 Å². The maximum atomic E-state index is 12.2. The molecule has 2 N–H and O–H groups in total. The molecule has 0 aliphatic carbocycles. The fourth-order valence-corrected chi connectivity index (χ4v) is 2.72. The van der Waals surface area contributed by atoms with Gasteiger partial charge in [-0.05, 0) is 31.2 Å². The van der Waals surface area contributed by atoms with Gasteiger partial charge in [0, 0.05) is 5.02 Å². The number of phenolic OH excluding ortho intramolecular Hbond substituents is 1. The Bertz CT molecular complexity index is 772. The zero-order valence-electron chi connectivity index (χ0n) is 12.3. The number of rotatable bonds is 4. The largest absolute Gasteiger partial charge is 0.507 e. The topological polar surface area (TPSA) is 75.6 Å². The lowest BCUT2D eigenvalue weighted by Gasteiger charge is -2.15. The molecule has 126 valence electrons. The van der Waals surface area contributed by atoms with Crippen molar-refractivity contribution in [1.82, 2.24) is 0 Å². The molecule has 0 aliphatic rings. The van der Waals surface area contributed by atoms with E-state index in [9.17, 15) is 14.7 Å². The SMILES string of the molecule is C[C@@H](OC(=O)c1ccccc1O)C(=O)Nc1c(Cl)cc(Cl)cc1Cl. The number of ether oxygens (including phenoxy) is 1. The van der Waals surface area contributed by atoms with E-state index in [1.807, 2.05) is 0 Å². The maximum Gasteiger partial charge on any atom is 0.342 e. The molecule has 0 aromatic heterocycles. The van der Waals surface area contributed by atoms with Crippen LogP contribution >= 0.6 is 34.8 Å². The van der Waals surface area contributed by atoms with Crippen LogP contribution in [-0.2, 0) is 9.53 Å². The van der Waals surface area contributed by atoms with E-state index in [2.05, 4.69) is 5.32 Å². The van der Waals surface area contributed by atoms with Gasteiger partial charge < -0.3 is 15.2 Å². The molecule has 5 nitrogen and oxygen atoms in total. The molecule has 0 heterocycles. The summed E-state index contributed by atoms with van der Waals surface area (Å²) in [7, 11) is 0. The summed E-state index contributed by atoms with van der Waals surface area (Å²) in [6.07, 6.45) is -1.14. The average molecular weight is 389 g/mol. The van der Waals surface area contributed by atoms with E-state index in [4.69, 9.17) is 39.5 Å². The lowest BCUT2D eigenvalue weighted by molar-refractivity contribution is -0.123. The van der Waals surface area contributed by atoms with Crippen molar-refractivity contribution in [2.45, 2.75) is 13.0 Å². The van der Waals surface area contributed by atoms with Gasteiger partial charge in [0.25, 0.3) is 5.91 Å². The number of phenols is 1. The fraction of sp³-hybridized carbons (Fsp3) is 0.125. The van der Waals surface area contributed by atoms with Crippen molar-refractivity contribution in [3.05, 3.63) is 57.0 Å². The highest BCUT2D eigenvalue weighted by Crippen LogP contribution is 2.33. The van der Waals surface area contributed by atoms with Crippen molar-refractivity contribution in [3.8, 4) is 5.75 Å². The minimum absolute atomic E-state index is 0.0419. The molecule has 0 radical (unpaired) electrons. The molecule has 1 amide bonds. The number of halogens is 3. The van der Waals surface area contributed by atoms with Crippen molar-refractivity contribution >= 4 is 52.4 Å². The standard InChI is InChI=1S/C16H12Cl3NO4/c1-8(24-16(23)10-4-2-3-5-13(10)21)15(22)20-14-11(18)6-9(17)7-12(14)19/h2-8,21H,1H3,(H,20,22)/t8-/m1/s1. The second kappa shape index (κ2) is 7.75. The monoisotopic (exact) mass is 387 g/mol. The Balaban J connectivity index is 2.08. The van der Waals surface area contributed by atoms with Gasteiger partial charge in [-0.15, -0.1) is 0 Å². The van der Waals surface area contributed by atoms with Gasteiger partial charge in [0.1, 0.15) is 11.3 Å². The molecule has 0 saturated heterocycles. The molecular formula is C16H12Cl3NO4. The summed E-state index contributed by atoms with van der Waals surface area (Å²) in [5.74, 6) is -1.70. The second-order valence-corrected chi connectivity index (χ2v) is 6.05. The Morgan fingerprint density at radius 1 is 1.12 bits per heavy atom. The minimum Gasteiger partial charge on any atom is -0.507 e. The number of hydrogen-bond acceptors (Lipinski definition) is 4. The number of carbonyl (C=O) groups is 2. The molecule has 0 unspecified atom stereocenters. The fourth-order valence-electron chi connectivity index (χ4n) is 1.81. The normalized spacial score (nSPS) is 11.7. The van der Waals surface area contributed by atoms with Crippen LogP contribution in [0.1, 0.15) is 17.3 Å². The lowest BCUT2D eigenvalue weighted by Crippen LogP contribution is -2.30. The first-order valence-electron chi connectivity index (χ1n) is 6.74. The number of hydrogen-bond donors (Lipinski definition) is 2. The smallest absolute Gasteiger partial charge is 0.342 e. The predicted octanol–water partition coefficient (Wildman–Crippen LogP) is 4.54. The van der Waals surface area contributed by atoms with Gasteiger partial charge in [0.15, 0.2) is 6.10 Å². The molecule has 1 atom stereocenters. The molecule has 0 saturated carbocycles. The zero-order valence-corrected chi connectivity index (χ0v) is 14.6. The zero-order chi connectivity index (χ0) is 17.9. The van der Waals surface area contributed by atoms with E-state index in [1.54, 1.807) is 12.1 Å². The van der Waals surface area contributed by atoms with Gasteiger partial charge in [0.05, 0.1) is 15.7 Å². The van der Waals surface area contributed by atoms with Crippen molar-refractivity contribution < 1.29 is 19.4 Å². The third-order valence-corrected chi connectivity index (χ3v) is 3.85. The molecule has 0 fully saturated rings. The van der Waals surface area contributed by atoms with Crippen molar-refractivity contribution in [2.24, 2.45) is 0 Å². The molecule has 0 bridgehead atoms. The Labute approximate surface area is 153 Å². The van der Waals surface area contributed by atoms with Crippen molar-refractivity contribution in [2.75, 3.05) is 5.32 Å². The van der Waals surface area contributed by atoms with E-state index >= 15 is 0 Å². The number of esters is 1. The first-order valence-corrected chi connectivity index (χ1v) is 7.87. The first kappa shape index (κ1) is 18.4. The number of para-hydroxylation sites is 1. The Hall–Kier alpha value is -1.95. The summed E-state index contributed by atoms with van der Waals surface area (Å²) >= 11 is 17.8. The first-order chi connectivity index (χ1) is 11.3. The lowest BCUT2D eigenvalue weighted by atomic mass is 10.2. The summed E-state index contributed by atoms with van der Waals surface area (Å²) in [5.41, 5.74) is 0.123. The molecule has 0 spiro atoms. The molecule has 2 aromatic carbocycles. The molecule has 0 aliphatic heterocycles. The van der Waals surface area contributed by atoms with Crippen LogP contribution in [0.2, 0.25) is 15.1 Å². The number of anilines is 1. The third-order valence-electron chi connectivity index (χ3n) is 3.03. The van der Waals surface area contributed by atoms with Gasteiger partial charge in [-0.2, -0.15) is 0 Å². The van der Waals surface area contributed by atoms with E-state index in [1.165, 1.54) is 31.2 Å². The Morgan fingerprint density at radius 2 is 1.71 bits per heavy atom. The molecule has 2 aromatic rings. The second-order valence-electron chi connectivity index (χ2n) is 4.80. The highest BCUT2D eigenvalue weighted by Gasteiger charge is 2.22. The highest BCUT2D eigenvalue weighted by molar-refractivity contribution is 6.42. The van der Waals surface area contributed by atoms with Gasteiger partial charge in [-0.3, -0.25) is 4.79 Å². The summed E-state index contributed by atoms with van der Waals surface area (Å²) in [6.45, 7) is 1.38. The van der Waals surface area contributed by atoms with Crippen LogP contribution in [0.3, 0.4) is 0 Å². The number of amides is 1. The van der Waals surface area contributed by atoms with Gasteiger partial charge in [0.2, 0.25) is 0 Å². The van der Waals surface area contributed by atoms with E-state index in [-0.39, 0.29) is 27.0 Å². The molecule has 24 heavy (non-hydrogen) atoms. The van der Waals surface area contributed by atoms with Crippen LogP contribution < -0.4 is 5.32 Å². The number of carbonyl (C=O) groups excluding carboxylic acids is 2. The van der Waals surface area contributed by atoms with Crippen molar-refractivity contribution in [3.63, 3.8) is 0 Å². The van der Waals surface area contributed by atoms with Crippen LogP contribution in [0.15, 0.2) is 36.4 Å². The average Bonchev–Trinajstić information content (AvgIpc) is 2.50. The summed E-state index contributed by atoms with van der Waals surface area (Å²) in [5, 5.41) is 12.7. The highest BCUT2D eigenvalue weighted by atomic mass is 35.5. The van der Waals surface area contributed by atoms with Crippen LogP contribution in [0.25, 0.3) is 0 Å². The summed E-state index contributed by atoms with van der Waals surface area (Å²) < 4.78 is 5.03. The number of nitrogens with one attached hydrogen (secondary N) is 1. The van der Waals surface area contributed by atoms with Gasteiger partial charge in [-0.25, -0.2) is 4.79 Å². The predicted molar refractivity (Wildman–Crippen MR) is 93.1 cm³/mol. The summed E-state index contributed by atoms with van der Waals surface area (Å²) in [6, 6.07) is 8.69. The minimum atomic E-state index is -1.14. The summed E-state index contributed by atoms with van der Waals surface area (Å²) in [4.78, 5) is 24.1. The Kier molecular flexibility index (Phi) is 5.94. The van der Waals surface area contributed by atoms with E-state index < -0.39 is 18.0 Å². The molecule has 8 heteroatoms.